The van der Waals surface area contributed by atoms with Crippen LogP contribution in [0.3, 0.4) is 0 Å². The highest BCUT2D eigenvalue weighted by Gasteiger charge is 2.26. The number of piperazine rings is 1. The number of rotatable bonds is 3. The molecule has 3 heterocycles. The van der Waals surface area contributed by atoms with Crippen molar-refractivity contribution in [1.82, 2.24) is 24.9 Å². The SMILES string of the molecule is COc1cc(N2CCN(C(=O)c3nn(C)c(=O)c4ccccc34)CC2)cnn1. The van der Waals surface area contributed by atoms with Crippen molar-refractivity contribution < 1.29 is 9.53 Å². The third kappa shape index (κ3) is 3.15. The van der Waals surface area contributed by atoms with Crippen molar-refractivity contribution in [3.8, 4) is 5.88 Å². The van der Waals surface area contributed by atoms with Gasteiger partial charge in [0.2, 0.25) is 5.88 Å². The quantitative estimate of drug-likeness (QED) is 0.660. The Kier molecular flexibility index (Phi) is 4.64. The number of amides is 1. The first-order valence-electron chi connectivity index (χ1n) is 8.95. The molecule has 0 unspecified atom stereocenters. The lowest BCUT2D eigenvalue weighted by Crippen LogP contribution is -2.49. The van der Waals surface area contributed by atoms with Gasteiger partial charge in [-0.3, -0.25) is 9.59 Å². The second-order valence-corrected chi connectivity index (χ2v) is 6.56. The highest BCUT2D eigenvalue weighted by molar-refractivity contribution is 6.04. The van der Waals surface area contributed by atoms with E-state index in [-0.39, 0.29) is 11.5 Å². The summed E-state index contributed by atoms with van der Waals surface area (Å²) in [4.78, 5) is 29.3. The number of hydrogen-bond donors (Lipinski definition) is 0. The molecule has 1 amide bonds. The highest BCUT2D eigenvalue weighted by Crippen LogP contribution is 2.20. The lowest BCUT2D eigenvalue weighted by molar-refractivity contribution is 0.0740. The monoisotopic (exact) mass is 380 g/mol. The van der Waals surface area contributed by atoms with Crippen LogP contribution in [-0.4, -0.2) is 64.1 Å². The number of fused-ring (bicyclic) bond motifs is 1. The molecule has 0 N–H and O–H groups in total. The van der Waals surface area contributed by atoms with Crippen molar-refractivity contribution in [2.24, 2.45) is 7.05 Å². The smallest absolute Gasteiger partial charge is 0.275 e. The molecule has 28 heavy (non-hydrogen) atoms. The van der Waals surface area contributed by atoms with Gasteiger partial charge in [0.15, 0.2) is 5.69 Å². The molecule has 144 valence electrons. The molecule has 0 saturated carbocycles. The van der Waals surface area contributed by atoms with E-state index in [2.05, 4.69) is 20.2 Å². The lowest BCUT2D eigenvalue weighted by Gasteiger charge is -2.35. The first kappa shape index (κ1) is 17.9. The summed E-state index contributed by atoms with van der Waals surface area (Å²) in [5, 5.41) is 13.1. The molecule has 1 aromatic carbocycles. The van der Waals surface area contributed by atoms with E-state index in [9.17, 15) is 9.59 Å². The zero-order chi connectivity index (χ0) is 19.7. The topological polar surface area (TPSA) is 93.5 Å². The molecule has 2 aromatic heterocycles. The fourth-order valence-electron chi connectivity index (χ4n) is 3.39. The van der Waals surface area contributed by atoms with Crippen LogP contribution in [0.25, 0.3) is 10.8 Å². The summed E-state index contributed by atoms with van der Waals surface area (Å²) in [6.07, 6.45) is 1.68. The van der Waals surface area contributed by atoms with Crippen molar-refractivity contribution in [2.75, 3.05) is 38.2 Å². The molecular formula is C19H20N6O3. The van der Waals surface area contributed by atoms with Gasteiger partial charge in [0.25, 0.3) is 11.5 Å². The average molecular weight is 380 g/mol. The number of anilines is 1. The van der Waals surface area contributed by atoms with E-state index >= 15 is 0 Å². The third-order valence-corrected chi connectivity index (χ3v) is 4.92. The Morgan fingerprint density at radius 1 is 1.11 bits per heavy atom. The van der Waals surface area contributed by atoms with Crippen LogP contribution in [0, 0.1) is 0 Å². The lowest BCUT2D eigenvalue weighted by atomic mass is 10.1. The van der Waals surface area contributed by atoms with Crippen molar-refractivity contribution in [1.29, 1.82) is 0 Å². The van der Waals surface area contributed by atoms with Gasteiger partial charge < -0.3 is 14.5 Å². The van der Waals surface area contributed by atoms with Crippen LogP contribution in [-0.2, 0) is 7.05 Å². The Hall–Kier alpha value is -3.49. The van der Waals surface area contributed by atoms with Gasteiger partial charge in [-0.15, -0.1) is 5.10 Å². The van der Waals surface area contributed by atoms with Gasteiger partial charge in [0.05, 0.1) is 24.4 Å². The number of carbonyl (C=O) groups excluding carboxylic acids is 1. The molecule has 4 rings (SSSR count). The van der Waals surface area contributed by atoms with Gasteiger partial charge in [-0.1, -0.05) is 18.2 Å². The molecule has 9 nitrogen and oxygen atoms in total. The number of hydrogen-bond acceptors (Lipinski definition) is 7. The Labute approximate surface area is 161 Å². The molecule has 0 bridgehead atoms. The van der Waals surface area contributed by atoms with E-state index in [4.69, 9.17) is 4.74 Å². The number of methoxy groups -OCH3 is 1. The fourth-order valence-corrected chi connectivity index (χ4v) is 3.39. The maximum atomic E-state index is 13.1. The minimum absolute atomic E-state index is 0.170. The molecule has 1 aliphatic heterocycles. The second-order valence-electron chi connectivity index (χ2n) is 6.56. The van der Waals surface area contributed by atoms with Gasteiger partial charge in [-0.2, -0.15) is 10.2 Å². The molecule has 0 spiro atoms. The number of aryl methyl sites for hydroxylation is 1. The Bertz CT molecular complexity index is 1090. The van der Waals surface area contributed by atoms with Crippen molar-refractivity contribution in [3.63, 3.8) is 0 Å². The molecule has 1 saturated heterocycles. The van der Waals surface area contributed by atoms with Gasteiger partial charge in [-0.25, -0.2) is 4.68 Å². The standard InChI is InChI=1S/C19H20N6O3/c1-23-18(26)15-6-4-3-5-14(15)17(22-23)19(27)25-9-7-24(8-10-25)13-11-16(28-2)21-20-12-13/h3-6,11-12H,7-10H2,1-2H3. The average Bonchev–Trinajstić information content (AvgIpc) is 2.76. The Morgan fingerprint density at radius 2 is 1.82 bits per heavy atom. The molecular weight excluding hydrogens is 360 g/mol. The van der Waals surface area contributed by atoms with E-state index in [0.717, 1.165) is 5.69 Å². The van der Waals surface area contributed by atoms with Crippen molar-refractivity contribution in [2.45, 2.75) is 0 Å². The van der Waals surface area contributed by atoms with Crippen LogP contribution in [0.15, 0.2) is 41.3 Å². The molecule has 3 aromatic rings. The maximum absolute atomic E-state index is 13.1. The summed E-state index contributed by atoms with van der Waals surface area (Å²) in [5.74, 6) is 0.286. The molecule has 0 aliphatic carbocycles. The minimum Gasteiger partial charge on any atom is -0.480 e. The predicted octanol–water partition coefficient (Wildman–Crippen LogP) is 0.694. The van der Waals surface area contributed by atoms with Crippen LogP contribution in [0.5, 0.6) is 5.88 Å². The Morgan fingerprint density at radius 3 is 2.54 bits per heavy atom. The van der Waals surface area contributed by atoms with E-state index in [0.29, 0.717) is 48.5 Å². The van der Waals surface area contributed by atoms with Crippen LogP contribution in [0.4, 0.5) is 5.69 Å². The Balaban J connectivity index is 1.56. The minimum atomic E-state index is -0.212. The van der Waals surface area contributed by atoms with Crippen LogP contribution in [0.2, 0.25) is 0 Å². The van der Waals surface area contributed by atoms with Crippen molar-refractivity contribution >= 4 is 22.4 Å². The largest absolute Gasteiger partial charge is 0.480 e. The number of carbonyl (C=O) groups is 1. The van der Waals surface area contributed by atoms with Crippen molar-refractivity contribution in [3.05, 3.63) is 52.6 Å². The van der Waals surface area contributed by atoms with Gasteiger partial charge in [-0.05, 0) is 6.07 Å². The third-order valence-electron chi connectivity index (χ3n) is 4.92. The van der Waals surface area contributed by atoms with Gasteiger partial charge in [0.1, 0.15) is 0 Å². The molecule has 0 atom stereocenters. The zero-order valence-corrected chi connectivity index (χ0v) is 15.7. The molecule has 0 radical (unpaired) electrons. The summed E-state index contributed by atoms with van der Waals surface area (Å²) >= 11 is 0. The van der Waals surface area contributed by atoms with E-state index < -0.39 is 0 Å². The number of aromatic nitrogens is 4. The number of nitrogens with zero attached hydrogens (tertiary/aromatic N) is 6. The first-order chi connectivity index (χ1) is 13.6. The van der Waals surface area contributed by atoms with Crippen LogP contribution >= 0.6 is 0 Å². The fraction of sp³-hybridized carbons (Fsp3) is 0.316. The number of benzene rings is 1. The van der Waals surface area contributed by atoms with Crippen LogP contribution < -0.4 is 15.2 Å². The van der Waals surface area contributed by atoms with Gasteiger partial charge in [0, 0.05) is 44.7 Å². The first-order valence-corrected chi connectivity index (χ1v) is 8.95. The number of ether oxygens (including phenoxy) is 1. The summed E-state index contributed by atoms with van der Waals surface area (Å²) in [6, 6.07) is 8.91. The molecule has 1 fully saturated rings. The van der Waals surface area contributed by atoms with E-state index in [1.54, 1.807) is 43.5 Å². The maximum Gasteiger partial charge on any atom is 0.275 e. The molecule has 9 heteroatoms. The summed E-state index contributed by atoms with van der Waals surface area (Å²) in [5.41, 5.74) is 0.999. The van der Waals surface area contributed by atoms with Gasteiger partial charge >= 0.3 is 0 Å². The zero-order valence-electron chi connectivity index (χ0n) is 15.7. The van der Waals surface area contributed by atoms with Crippen LogP contribution in [0.1, 0.15) is 10.5 Å². The second kappa shape index (κ2) is 7.26. The summed E-state index contributed by atoms with van der Waals surface area (Å²) in [6.45, 7) is 2.40. The van der Waals surface area contributed by atoms with E-state index in [1.807, 2.05) is 12.1 Å². The highest BCUT2D eigenvalue weighted by atomic mass is 16.5. The summed E-state index contributed by atoms with van der Waals surface area (Å²) in [7, 11) is 3.11. The normalized spacial score (nSPS) is 14.4. The molecule has 1 aliphatic rings. The summed E-state index contributed by atoms with van der Waals surface area (Å²) < 4.78 is 6.35. The van der Waals surface area contributed by atoms with E-state index in [1.165, 1.54) is 4.68 Å². The predicted molar refractivity (Wildman–Crippen MR) is 104 cm³/mol.